The molecule has 6 heteroatoms. The summed E-state index contributed by atoms with van der Waals surface area (Å²) in [6, 6.07) is 5.98. The molecule has 2 aromatic rings. The van der Waals surface area contributed by atoms with Crippen LogP contribution < -0.4 is 4.74 Å². The van der Waals surface area contributed by atoms with Crippen molar-refractivity contribution in [2.24, 2.45) is 0 Å². The molecule has 0 amide bonds. The summed E-state index contributed by atoms with van der Waals surface area (Å²) in [5.41, 5.74) is 0.424. The second-order valence-corrected chi connectivity index (χ2v) is 5.19. The maximum atomic E-state index is 13.4. The third-order valence-corrected chi connectivity index (χ3v) is 3.46. The van der Waals surface area contributed by atoms with Gasteiger partial charge >= 0.3 is 0 Å². The third-order valence-electron chi connectivity index (χ3n) is 2.43. The summed E-state index contributed by atoms with van der Waals surface area (Å²) in [6.07, 6.45) is -1.02. The highest BCUT2D eigenvalue weighted by Gasteiger charge is 2.20. The first kappa shape index (κ1) is 13.6. The molecule has 1 atom stereocenters. The van der Waals surface area contributed by atoms with Crippen LogP contribution in [0.15, 0.2) is 37.8 Å². The summed E-state index contributed by atoms with van der Waals surface area (Å²) >= 11 is 6.23. The molecule has 1 N–H and O–H groups in total. The smallest absolute Gasteiger partial charge is 0.169 e. The lowest BCUT2D eigenvalue weighted by molar-refractivity contribution is 0.183. The Hall–Kier alpha value is -0.850. The van der Waals surface area contributed by atoms with Crippen LogP contribution in [0, 0.1) is 5.82 Å². The van der Waals surface area contributed by atoms with Crippen LogP contribution >= 0.6 is 31.9 Å². The van der Waals surface area contributed by atoms with Gasteiger partial charge in [-0.2, -0.15) is 0 Å². The Labute approximate surface area is 120 Å². The number of aliphatic hydroxyl groups is 1. The van der Waals surface area contributed by atoms with E-state index in [1.165, 1.54) is 19.2 Å². The predicted molar refractivity (Wildman–Crippen MR) is 71.1 cm³/mol. The largest absolute Gasteiger partial charge is 0.496 e. The minimum atomic E-state index is -1.02. The molecule has 0 aliphatic carbocycles. The van der Waals surface area contributed by atoms with Crippen LogP contribution in [0.1, 0.15) is 17.4 Å². The molecule has 1 aromatic heterocycles. The Kier molecular flexibility index (Phi) is 4.09. The van der Waals surface area contributed by atoms with E-state index >= 15 is 0 Å². The lowest BCUT2D eigenvalue weighted by Gasteiger charge is -2.13. The minimum absolute atomic E-state index is 0.253. The lowest BCUT2D eigenvalue weighted by atomic mass is 10.1. The number of benzene rings is 1. The van der Waals surface area contributed by atoms with Crippen molar-refractivity contribution in [2.75, 3.05) is 7.11 Å². The van der Waals surface area contributed by atoms with Gasteiger partial charge in [0.15, 0.2) is 4.67 Å². The summed E-state index contributed by atoms with van der Waals surface area (Å²) in [7, 11) is 1.41. The molecule has 0 saturated carbocycles. The van der Waals surface area contributed by atoms with Crippen LogP contribution in [0.2, 0.25) is 0 Å². The van der Waals surface area contributed by atoms with Crippen molar-refractivity contribution in [1.29, 1.82) is 0 Å². The first-order valence-corrected chi connectivity index (χ1v) is 6.57. The van der Waals surface area contributed by atoms with E-state index in [1.54, 1.807) is 12.1 Å². The zero-order valence-corrected chi connectivity index (χ0v) is 12.5. The fourth-order valence-corrected chi connectivity index (χ4v) is 2.24. The van der Waals surface area contributed by atoms with Crippen molar-refractivity contribution >= 4 is 31.9 Å². The average Bonchev–Trinajstić information content (AvgIpc) is 2.78. The number of aliphatic hydroxyl groups excluding tert-OH is 1. The molecule has 0 radical (unpaired) electrons. The van der Waals surface area contributed by atoms with Crippen molar-refractivity contribution in [3.05, 3.63) is 50.5 Å². The van der Waals surface area contributed by atoms with Crippen molar-refractivity contribution < 1.29 is 18.7 Å². The topological polar surface area (TPSA) is 42.6 Å². The molecule has 18 heavy (non-hydrogen) atoms. The zero-order valence-electron chi connectivity index (χ0n) is 9.28. The number of rotatable bonds is 3. The van der Waals surface area contributed by atoms with Crippen LogP contribution in [0.5, 0.6) is 5.75 Å². The van der Waals surface area contributed by atoms with Crippen molar-refractivity contribution in [3.63, 3.8) is 0 Å². The molecule has 3 nitrogen and oxygen atoms in total. The molecule has 0 aliphatic rings. The highest BCUT2D eigenvalue weighted by atomic mass is 79.9. The lowest BCUT2D eigenvalue weighted by Crippen LogP contribution is -2.02. The third kappa shape index (κ3) is 2.60. The predicted octanol–water partition coefficient (Wildman–Crippen LogP) is 4.03. The Bertz CT molecular complexity index is 568. The van der Waals surface area contributed by atoms with Gasteiger partial charge in [-0.3, -0.25) is 0 Å². The number of furan rings is 1. The van der Waals surface area contributed by atoms with Crippen LogP contribution in [-0.4, -0.2) is 12.2 Å². The first-order chi connectivity index (χ1) is 8.52. The molecule has 0 aliphatic heterocycles. The molecule has 0 bridgehead atoms. The van der Waals surface area contributed by atoms with Gasteiger partial charge in [0.25, 0.3) is 0 Å². The number of hydrogen-bond acceptors (Lipinski definition) is 3. The summed E-state index contributed by atoms with van der Waals surface area (Å²) in [4.78, 5) is 0. The number of ether oxygens (including phenoxy) is 1. The molecule has 1 heterocycles. The first-order valence-electron chi connectivity index (χ1n) is 4.99. The van der Waals surface area contributed by atoms with Gasteiger partial charge in [0, 0.05) is 11.6 Å². The van der Waals surface area contributed by atoms with E-state index in [4.69, 9.17) is 9.15 Å². The van der Waals surface area contributed by atoms with Crippen LogP contribution in [0.25, 0.3) is 0 Å². The SMILES string of the molecule is COc1cc(F)c(Br)cc1C(O)c1ccc(Br)o1. The van der Waals surface area contributed by atoms with E-state index in [2.05, 4.69) is 31.9 Å². The van der Waals surface area contributed by atoms with Crippen LogP contribution in [-0.2, 0) is 0 Å². The van der Waals surface area contributed by atoms with Gasteiger partial charge in [0.2, 0.25) is 0 Å². The maximum Gasteiger partial charge on any atom is 0.169 e. The Morgan fingerprint density at radius 1 is 1.33 bits per heavy atom. The van der Waals surface area contributed by atoms with E-state index in [-0.39, 0.29) is 10.2 Å². The highest BCUT2D eigenvalue weighted by Crippen LogP contribution is 2.35. The average molecular weight is 380 g/mol. The maximum absolute atomic E-state index is 13.4. The summed E-state index contributed by atoms with van der Waals surface area (Å²) in [5.74, 6) is 0.151. The molecule has 0 saturated heterocycles. The summed E-state index contributed by atoms with van der Waals surface area (Å²) in [6.45, 7) is 0. The molecule has 2 rings (SSSR count). The minimum Gasteiger partial charge on any atom is -0.496 e. The Morgan fingerprint density at radius 2 is 2.06 bits per heavy atom. The molecule has 0 fully saturated rings. The van der Waals surface area contributed by atoms with E-state index < -0.39 is 11.9 Å². The molecule has 96 valence electrons. The monoisotopic (exact) mass is 378 g/mol. The van der Waals surface area contributed by atoms with Crippen molar-refractivity contribution in [1.82, 2.24) is 0 Å². The fraction of sp³-hybridized carbons (Fsp3) is 0.167. The molecular weight excluding hydrogens is 371 g/mol. The second-order valence-electron chi connectivity index (χ2n) is 3.55. The fourth-order valence-electron chi connectivity index (χ4n) is 1.56. The molecule has 1 unspecified atom stereocenters. The number of hydrogen-bond donors (Lipinski definition) is 1. The van der Waals surface area contributed by atoms with Gasteiger partial charge in [-0.25, -0.2) is 4.39 Å². The quantitative estimate of drug-likeness (QED) is 0.875. The van der Waals surface area contributed by atoms with Crippen LogP contribution in [0.3, 0.4) is 0 Å². The molecular formula is C12H9Br2FO3. The Balaban J connectivity index is 2.46. The van der Waals surface area contributed by atoms with Gasteiger partial charge in [-0.05, 0) is 50.1 Å². The number of methoxy groups -OCH3 is 1. The number of halogens is 3. The molecule has 1 aromatic carbocycles. The summed E-state index contributed by atoms with van der Waals surface area (Å²) < 4.78 is 24.5. The van der Waals surface area contributed by atoms with Gasteiger partial charge in [-0.15, -0.1) is 0 Å². The summed E-state index contributed by atoms with van der Waals surface area (Å²) in [5, 5.41) is 10.2. The van der Waals surface area contributed by atoms with Gasteiger partial charge < -0.3 is 14.3 Å². The van der Waals surface area contributed by atoms with E-state index in [1.807, 2.05) is 0 Å². The van der Waals surface area contributed by atoms with Gasteiger partial charge in [0.1, 0.15) is 23.4 Å². The van der Waals surface area contributed by atoms with Gasteiger partial charge in [-0.1, -0.05) is 0 Å². The van der Waals surface area contributed by atoms with Crippen LogP contribution in [0.4, 0.5) is 4.39 Å². The van der Waals surface area contributed by atoms with E-state index in [0.717, 1.165) is 0 Å². The van der Waals surface area contributed by atoms with Gasteiger partial charge in [0.05, 0.1) is 11.6 Å². The van der Waals surface area contributed by atoms with Crippen molar-refractivity contribution in [3.8, 4) is 5.75 Å². The Morgan fingerprint density at radius 3 is 2.61 bits per heavy atom. The second kappa shape index (κ2) is 5.42. The van der Waals surface area contributed by atoms with Crippen molar-refractivity contribution in [2.45, 2.75) is 6.10 Å². The zero-order chi connectivity index (χ0) is 13.3. The van der Waals surface area contributed by atoms with E-state index in [0.29, 0.717) is 16.0 Å². The standard InChI is InChI=1S/C12H9Br2FO3/c1-17-10-5-8(15)7(13)4-6(10)12(16)9-2-3-11(14)18-9/h2-5,12,16H,1H3. The molecule has 0 spiro atoms. The van der Waals surface area contributed by atoms with E-state index in [9.17, 15) is 9.50 Å². The highest BCUT2D eigenvalue weighted by molar-refractivity contribution is 9.10. The normalized spacial score (nSPS) is 12.5.